The summed E-state index contributed by atoms with van der Waals surface area (Å²) >= 11 is 1.25. The molecule has 0 radical (unpaired) electrons. The number of aryl methyl sites for hydroxylation is 1. The SMILES string of the molecule is CCCn1c(=O)sc2cc(-c3ccc(C(=O)O)cc3)ccc21. The van der Waals surface area contributed by atoms with Gasteiger partial charge in [-0.1, -0.05) is 36.5 Å². The van der Waals surface area contributed by atoms with E-state index in [2.05, 4.69) is 0 Å². The summed E-state index contributed by atoms with van der Waals surface area (Å²) in [5, 5.41) is 8.94. The number of aromatic carboxylic acids is 1. The summed E-state index contributed by atoms with van der Waals surface area (Å²) in [5.41, 5.74) is 3.15. The van der Waals surface area contributed by atoms with Gasteiger partial charge >= 0.3 is 10.8 Å². The van der Waals surface area contributed by atoms with Crippen molar-refractivity contribution in [2.24, 2.45) is 0 Å². The van der Waals surface area contributed by atoms with Crippen molar-refractivity contribution in [2.75, 3.05) is 0 Å². The standard InChI is InChI=1S/C17H15NO3S/c1-2-9-18-14-8-7-13(10-15(14)22-17(18)21)11-3-5-12(6-4-11)16(19)20/h3-8,10H,2,9H2,1H3,(H,19,20). The highest BCUT2D eigenvalue weighted by molar-refractivity contribution is 7.16. The van der Waals surface area contributed by atoms with Crippen molar-refractivity contribution < 1.29 is 9.90 Å². The van der Waals surface area contributed by atoms with E-state index in [0.29, 0.717) is 0 Å². The Morgan fingerprint density at radius 2 is 1.82 bits per heavy atom. The van der Waals surface area contributed by atoms with Crippen LogP contribution in [0.2, 0.25) is 0 Å². The molecule has 0 bridgehead atoms. The zero-order valence-electron chi connectivity index (χ0n) is 12.1. The maximum Gasteiger partial charge on any atom is 0.335 e. The van der Waals surface area contributed by atoms with E-state index in [1.807, 2.05) is 25.1 Å². The van der Waals surface area contributed by atoms with Gasteiger partial charge in [-0.3, -0.25) is 9.36 Å². The van der Waals surface area contributed by atoms with E-state index in [1.165, 1.54) is 11.3 Å². The second-order valence-corrected chi connectivity index (χ2v) is 6.08. The number of carboxylic acid groups (broad SMARTS) is 1. The maximum atomic E-state index is 12.0. The van der Waals surface area contributed by atoms with Gasteiger partial charge in [0.1, 0.15) is 0 Å². The van der Waals surface area contributed by atoms with Crippen LogP contribution in [-0.4, -0.2) is 15.6 Å². The number of hydrogen-bond donors (Lipinski definition) is 1. The minimum Gasteiger partial charge on any atom is -0.478 e. The summed E-state index contributed by atoms with van der Waals surface area (Å²) in [5.74, 6) is -0.933. The fourth-order valence-corrected chi connectivity index (χ4v) is 3.44. The highest BCUT2D eigenvalue weighted by atomic mass is 32.1. The number of nitrogens with zero attached hydrogens (tertiary/aromatic N) is 1. The lowest BCUT2D eigenvalue weighted by Crippen LogP contribution is -2.11. The molecule has 0 fully saturated rings. The van der Waals surface area contributed by atoms with Gasteiger partial charge < -0.3 is 5.11 Å². The molecule has 2 aromatic carbocycles. The molecule has 4 nitrogen and oxygen atoms in total. The molecule has 5 heteroatoms. The highest BCUT2D eigenvalue weighted by Gasteiger charge is 2.09. The second kappa shape index (κ2) is 5.77. The van der Waals surface area contributed by atoms with Gasteiger partial charge in [-0.05, 0) is 41.8 Å². The lowest BCUT2D eigenvalue weighted by molar-refractivity contribution is 0.0697. The van der Waals surface area contributed by atoms with Gasteiger partial charge in [-0.25, -0.2) is 4.79 Å². The van der Waals surface area contributed by atoms with Crippen molar-refractivity contribution in [3.8, 4) is 11.1 Å². The lowest BCUT2D eigenvalue weighted by atomic mass is 10.0. The number of rotatable bonds is 4. The average Bonchev–Trinajstić information content (AvgIpc) is 2.83. The largest absolute Gasteiger partial charge is 0.478 e. The molecule has 1 N–H and O–H groups in total. The molecule has 0 amide bonds. The minimum atomic E-state index is -0.933. The summed E-state index contributed by atoms with van der Waals surface area (Å²) in [6.45, 7) is 2.78. The van der Waals surface area contributed by atoms with Crippen LogP contribution < -0.4 is 4.87 Å². The van der Waals surface area contributed by atoms with Crippen molar-refractivity contribution in [1.29, 1.82) is 0 Å². The van der Waals surface area contributed by atoms with E-state index >= 15 is 0 Å². The first kappa shape index (κ1) is 14.5. The third-order valence-corrected chi connectivity index (χ3v) is 4.52. The normalized spacial score (nSPS) is 11.0. The van der Waals surface area contributed by atoms with Gasteiger partial charge in [0.2, 0.25) is 0 Å². The Bertz CT molecular complexity index is 890. The predicted octanol–water partition coefficient (Wildman–Crippen LogP) is 3.84. The van der Waals surface area contributed by atoms with Crippen LogP contribution in [0.5, 0.6) is 0 Å². The summed E-state index contributed by atoms with van der Waals surface area (Å²) in [6, 6.07) is 12.7. The number of thiazole rings is 1. The van der Waals surface area contributed by atoms with Gasteiger partial charge in [-0.15, -0.1) is 0 Å². The minimum absolute atomic E-state index is 0.0650. The first-order chi connectivity index (χ1) is 10.6. The topological polar surface area (TPSA) is 59.3 Å². The first-order valence-corrected chi connectivity index (χ1v) is 7.89. The summed E-state index contributed by atoms with van der Waals surface area (Å²) in [4.78, 5) is 23.0. The van der Waals surface area contributed by atoms with Crippen molar-refractivity contribution in [1.82, 2.24) is 4.57 Å². The van der Waals surface area contributed by atoms with Crippen molar-refractivity contribution in [3.63, 3.8) is 0 Å². The number of hydrogen-bond acceptors (Lipinski definition) is 3. The molecule has 3 aromatic rings. The van der Waals surface area contributed by atoms with Gasteiger partial charge in [0.15, 0.2) is 0 Å². The van der Waals surface area contributed by atoms with Crippen LogP contribution in [0.3, 0.4) is 0 Å². The van der Waals surface area contributed by atoms with E-state index in [-0.39, 0.29) is 10.4 Å². The Labute approximate surface area is 131 Å². The number of carbonyl (C=O) groups is 1. The van der Waals surface area contributed by atoms with Crippen LogP contribution in [0.25, 0.3) is 21.3 Å². The van der Waals surface area contributed by atoms with Crippen molar-refractivity contribution in [3.05, 3.63) is 57.7 Å². The van der Waals surface area contributed by atoms with Crippen molar-refractivity contribution >= 4 is 27.5 Å². The summed E-state index contributed by atoms with van der Waals surface area (Å²) in [7, 11) is 0. The van der Waals surface area contributed by atoms with Gasteiger partial charge in [0.05, 0.1) is 15.8 Å². The summed E-state index contributed by atoms with van der Waals surface area (Å²) < 4.78 is 2.76. The molecule has 1 aromatic heterocycles. The van der Waals surface area contributed by atoms with Gasteiger partial charge in [0.25, 0.3) is 0 Å². The van der Waals surface area contributed by atoms with Crippen LogP contribution in [0.1, 0.15) is 23.7 Å². The number of benzene rings is 2. The van der Waals surface area contributed by atoms with E-state index in [0.717, 1.165) is 34.3 Å². The van der Waals surface area contributed by atoms with Crippen LogP contribution in [0.4, 0.5) is 0 Å². The molecule has 112 valence electrons. The molecular formula is C17H15NO3S. The maximum absolute atomic E-state index is 12.0. The Morgan fingerprint density at radius 1 is 1.14 bits per heavy atom. The molecule has 0 unspecified atom stereocenters. The summed E-state index contributed by atoms with van der Waals surface area (Å²) in [6.07, 6.45) is 0.921. The molecule has 3 rings (SSSR count). The van der Waals surface area contributed by atoms with E-state index in [4.69, 9.17) is 5.11 Å². The lowest BCUT2D eigenvalue weighted by Gasteiger charge is -2.04. The molecule has 0 aliphatic heterocycles. The predicted molar refractivity (Wildman–Crippen MR) is 88.8 cm³/mol. The molecule has 0 saturated carbocycles. The molecule has 0 spiro atoms. The Kier molecular flexibility index (Phi) is 3.81. The number of fused-ring (bicyclic) bond motifs is 1. The second-order valence-electron chi connectivity index (χ2n) is 5.08. The Hall–Kier alpha value is -2.40. The number of carboxylic acids is 1. The smallest absolute Gasteiger partial charge is 0.335 e. The van der Waals surface area contributed by atoms with Gasteiger partial charge in [0, 0.05) is 6.54 Å². The van der Waals surface area contributed by atoms with Crippen LogP contribution >= 0.6 is 11.3 Å². The quantitative estimate of drug-likeness (QED) is 0.796. The molecule has 0 saturated heterocycles. The van der Waals surface area contributed by atoms with Crippen LogP contribution in [0.15, 0.2) is 47.3 Å². The first-order valence-electron chi connectivity index (χ1n) is 7.07. The zero-order chi connectivity index (χ0) is 15.7. The third kappa shape index (κ3) is 2.55. The Balaban J connectivity index is 2.05. The van der Waals surface area contributed by atoms with E-state index < -0.39 is 5.97 Å². The molecule has 1 heterocycles. The molecule has 22 heavy (non-hydrogen) atoms. The van der Waals surface area contributed by atoms with E-state index in [1.54, 1.807) is 28.8 Å². The third-order valence-electron chi connectivity index (χ3n) is 3.58. The Morgan fingerprint density at radius 3 is 2.45 bits per heavy atom. The van der Waals surface area contributed by atoms with Crippen LogP contribution in [0, 0.1) is 0 Å². The average molecular weight is 313 g/mol. The van der Waals surface area contributed by atoms with Crippen LogP contribution in [-0.2, 0) is 6.54 Å². The molecule has 0 atom stereocenters. The highest BCUT2D eigenvalue weighted by Crippen LogP contribution is 2.26. The number of aromatic nitrogens is 1. The monoisotopic (exact) mass is 313 g/mol. The van der Waals surface area contributed by atoms with Crippen molar-refractivity contribution in [2.45, 2.75) is 19.9 Å². The van der Waals surface area contributed by atoms with E-state index in [9.17, 15) is 9.59 Å². The fraction of sp³-hybridized carbons (Fsp3) is 0.176. The molecular weight excluding hydrogens is 298 g/mol. The fourth-order valence-electron chi connectivity index (χ4n) is 2.49. The molecule has 0 aliphatic carbocycles. The van der Waals surface area contributed by atoms with Gasteiger partial charge in [-0.2, -0.15) is 0 Å². The molecule has 0 aliphatic rings. The zero-order valence-corrected chi connectivity index (χ0v) is 12.9.